The SMILES string of the molecule is C=C1CC(c2ccc3c(c2)N(C(=O)OC(C)C)CC(C)N3C(=O)C2CC2)CN1C(C)(C)C. The molecule has 0 bridgehead atoms. The highest BCUT2D eigenvalue weighted by atomic mass is 16.6. The fourth-order valence-corrected chi connectivity index (χ4v) is 4.98. The molecule has 0 spiro atoms. The molecule has 2 heterocycles. The number of likely N-dealkylation sites (tertiary alicyclic amines) is 1. The minimum absolute atomic E-state index is 0.0239. The van der Waals surface area contributed by atoms with Crippen molar-refractivity contribution in [3.63, 3.8) is 0 Å². The molecule has 3 aliphatic rings. The molecule has 0 aromatic heterocycles. The van der Waals surface area contributed by atoms with Gasteiger partial charge in [0.1, 0.15) is 0 Å². The summed E-state index contributed by atoms with van der Waals surface area (Å²) in [7, 11) is 0. The van der Waals surface area contributed by atoms with Crippen LogP contribution in [0.5, 0.6) is 0 Å². The molecule has 1 aromatic rings. The van der Waals surface area contributed by atoms with Crippen LogP contribution in [0.3, 0.4) is 0 Å². The average molecular weight is 440 g/mol. The predicted octanol–water partition coefficient (Wildman–Crippen LogP) is 5.28. The standard InChI is InChI=1S/C26H37N3O3/c1-16(2)32-25(31)27-14-18(4)29(24(30)19-8-9-19)22-11-10-20(13-23(22)27)21-12-17(3)28(15-21)26(5,6)7/h10-11,13,16,18-19,21H,3,8-9,12,14-15H2,1-2,4-7H3. The summed E-state index contributed by atoms with van der Waals surface area (Å²) in [4.78, 5) is 32.1. The number of ether oxygens (including phenoxy) is 1. The van der Waals surface area contributed by atoms with Gasteiger partial charge in [-0.2, -0.15) is 0 Å². The third-order valence-electron chi connectivity index (χ3n) is 6.71. The van der Waals surface area contributed by atoms with Crippen LogP contribution in [0.4, 0.5) is 16.2 Å². The topological polar surface area (TPSA) is 53.1 Å². The summed E-state index contributed by atoms with van der Waals surface area (Å²) >= 11 is 0. The highest BCUT2D eigenvalue weighted by Crippen LogP contribution is 2.44. The third kappa shape index (κ3) is 4.24. The summed E-state index contributed by atoms with van der Waals surface area (Å²) in [5.41, 5.74) is 3.94. The molecule has 1 aliphatic carbocycles. The molecular weight excluding hydrogens is 402 g/mol. The van der Waals surface area contributed by atoms with Crippen molar-refractivity contribution >= 4 is 23.4 Å². The number of amides is 2. The molecule has 4 rings (SSSR count). The van der Waals surface area contributed by atoms with Gasteiger partial charge in [0.15, 0.2) is 0 Å². The maximum Gasteiger partial charge on any atom is 0.414 e. The van der Waals surface area contributed by atoms with E-state index in [0.29, 0.717) is 12.5 Å². The van der Waals surface area contributed by atoms with E-state index in [4.69, 9.17) is 4.74 Å². The number of anilines is 2. The van der Waals surface area contributed by atoms with Crippen molar-refractivity contribution in [2.24, 2.45) is 5.92 Å². The Hall–Kier alpha value is -2.50. The van der Waals surface area contributed by atoms with E-state index < -0.39 is 0 Å². The Kier molecular flexibility index (Phi) is 5.76. The van der Waals surface area contributed by atoms with Gasteiger partial charge >= 0.3 is 6.09 Å². The molecule has 32 heavy (non-hydrogen) atoms. The first-order valence-corrected chi connectivity index (χ1v) is 11.9. The van der Waals surface area contributed by atoms with E-state index in [2.05, 4.69) is 44.4 Å². The molecule has 0 radical (unpaired) electrons. The summed E-state index contributed by atoms with van der Waals surface area (Å²) in [5, 5.41) is 0. The van der Waals surface area contributed by atoms with E-state index in [-0.39, 0.29) is 35.6 Å². The molecule has 2 amide bonds. The molecule has 2 aliphatic heterocycles. The van der Waals surface area contributed by atoms with E-state index in [0.717, 1.165) is 42.9 Å². The second-order valence-corrected chi connectivity index (χ2v) is 10.9. The molecule has 174 valence electrons. The van der Waals surface area contributed by atoms with E-state index in [1.54, 1.807) is 4.90 Å². The van der Waals surface area contributed by atoms with E-state index in [9.17, 15) is 9.59 Å². The van der Waals surface area contributed by atoms with Gasteiger partial charge in [0, 0.05) is 36.2 Å². The zero-order chi connectivity index (χ0) is 23.4. The summed E-state index contributed by atoms with van der Waals surface area (Å²) < 4.78 is 5.56. The molecule has 1 saturated heterocycles. The lowest BCUT2D eigenvalue weighted by Gasteiger charge is -2.41. The van der Waals surface area contributed by atoms with Crippen LogP contribution in [0.15, 0.2) is 30.5 Å². The fourth-order valence-electron chi connectivity index (χ4n) is 4.98. The van der Waals surface area contributed by atoms with Gasteiger partial charge in [0.25, 0.3) is 0 Å². The number of hydrogen-bond donors (Lipinski definition) is 0. The summed E-state index contributed by atoms with van der Waals surface area (Å²) in [6.07, 6.45) is 2.26. The number of allylic oxidation sites excluding steroid dienone is 1. The lowest BCUT2D eigenvalue weighted by atomic mass is 9.95. The Bertz CT molecular complexity index is 929. The first kappa shape index (κ1) is 22.7. The Labute approximate surface area is 192 Å². The monoisotopic (exact) mass is 439 g/mol. The molecule has 0 N–H and O–H groups in total. The van der Waals surface area contributed by atoms with Gasteiger partial charge in [-0.25, -0.2) is 4.79 Å². The number of rotatable bonds is 3. The number of benzene rings is 1. The molecule has 1 saturated carbocycles. The Morgan fingerprint density at radius 2 is 1.81 bits per heavy atom. The largest absolute Gasteiger partial charge is 0.446 e. The second-order valence-electron chi connectivity index (χ2n) is 10.9. The smallest absolute Gasteiger partial charge is 0.414 e. The first-order chi connectivity index (χ1) is 15.0. The predicted molar refractivity (Wildman–Crippen MR) is 128 cm³/mol. The van der Waals surface area contributed by atoms with Gasteiger partial charge in [0.2, 0.25) is 5.91 Å². The van der Waals surface area contributed by atoms with Crippen LogP contribution in [0.2, 0.25) is 0 Å². The molecule has 2 fully saturated rings. The van der Waals surface area contributed by atoms with E-state index in [1.807, 2.05) is 31.7 Å². The molecule has 2 unspecified atom stereocenters. The summed E-state index contributed by atoms with van der Waals surface area (Å²) in [6, 6.07) is 6.16. The maximum absolute atomic E-state index is 13.1. The summed E-state index contributed by atoms with van der Waals surface area (Å²) in [6.45, 7) is 18.0. The zero-order valence-electron chi connectivity index (χ0n) is 20.4. The molecule has 1 aromatic carbocycles. The van der Waals surface area contributed by atoms with E-state index >= 15 is 0 Å². The van der Waals surface area contributed by atoms with Gasteiger partial charge in [-0.1, -0.05) is 12.6 Å². The van der Waals surface area contributed by atoms with Crippen LogP contribution in [-0.4, -0.2) is 47.7 Å². The van der Waals surface area contributed by atoms with Crippen LogP contribution >= 0.6 is 0 Å². The number of carbonyl (C=O) groups excluding carboxylic acids is 2. The van der Waals surface area contributed by atoms with Crippen molar-refractivity contribution in [2.75, 3.05) is 22.9 Å². The van der Waals surface area contributed by atoms with Crippen molar-refractivity contribution in [2.45, 2.75) is 84.4 Å². The molecular formula is C26H37N3O3. The van der Waals surface area contributed by atoms with Crippen molar-refractivity contribution in [1.29, 1.82) is 0 Å². The van der Waals surface area contributed by atoms with Crippen LogP contribution in [0.1, 0.15) is 72.3 Å². The van der Waals surface area contributed by atoms with Gasteiger partial charge < -0.3 is 14.5 Å². The molecule has 6 nitrogen and oxygen atoms in total. The lowest BCUT2D eigenvalue weighted by molar-refractivity contribution is -0.120. The van der Waals surface area contributed by atoms with Crippen LogP contribution in [0.25, 0.3) is 0 Å². The van der Waals surface area contributed by atoms with E-state index in [1.165, 1.54) is 5.56 Å². The maximum atomic E-state index is 13.1. The quantitative estimate of drug-likeness (QED) is 0.643. The van der Waals surface area contributed by atoms with Crippen LogP contribution < -0.4 is 9.80 Å². The summed E-state index contributed by atoms with van der Waals surface area (Å²) in [5.74, 6) is 0.607. The van der Waals surface area contributed by atoms with Crippen molar-refractivity contribution in [3.8, 4) is 0 Å². The number of carbonyl (C=O) groups is 2. The second kappa shape index (κ2) is 8.13. The number of fused-ring (bicyclic) bond motifs is 1. The highest BCUT2D eigenvalue weighted by Gasteiger charge is 2.42. The molecule has 6 heteroatoms. The average Bonchev–Trinajstić information content (AvgIpc) is 3.46. The third-order valence-corrected chi connectivity index (χ3v) is 6.71. The Balaban J connectivity index is 1.71. The number of nitrogens with zero attached hydrogens (tertiary/aromatic N) is 3. The highest BCUT2D eigenvalue weighted by molar-refractivity contribution is 6.04. The zero-order valence-corrected chi connectivity index (χ0v) is 20.4. The normalized spacial score (nSPS) is 23.6. The molecule has 2 atom stereocenters. The van der Waals surface area contributed by atoms with Gasteiger partial charge in [-0.3, -0.25) is 9.69 Å². The van der Waals surface area contributed by atoms with Gasteiger partial charge in [-0.05, 0) is 78.5 Å². The van der Waals surface area contributed by atoms with Crippen LogP contribution in [-0.2, 0) is 9.53 Å². The van der Waals surface area contributed by atoms with Gasteiger partial charge in [-0.15, -0.1) is 0 Å². The fraction of sp³-hybridized carbons (Fsp3) is 0.615. The van der Waals surface area contributed by atoms with Gasteiger partial charge in [0.05, 0.1) is 23.5 Å². The Morgan fingerprint density at radius 3 is 2.38 bits per heavy atom. The first-order valence-electron chi connectivity index (χ1n) is 11.9. The lowest BCUT2D eigenvalue weighted by Crippen LogP contribution is -2.52. The van der Waals surface area contributed by atoms with Crippen molar-refractivity contribution in [1.82, 2.24) is 4.90 Å². The van der Waals surface area contributed by atoms with Crippen molar-refractivity contribution in [3.05, 3.63) is 36.0 Å². The minimum atomic E-state index is -0.351. The van der Waals surface area contributed by atoms with Crippen LogP contribution in [0, 0.1) is 5.92 Å². The minimum Gasteiger partial charge on any atom is -0.446 e. The number of hydrogen-bond acceptors (Lipinski definition) is 4. The van der Waals surface area contributed by atoms with Crippen molar-refractivity contribution < 1.29 is 14.3 Å². The Morgan fingerprint density at radius 1 is 1.12 bits per heavy atom.